The summed E-state index contributed by atoms with van der Waals surface area (Å²) in [5.41, 5.74) is 0. The highest BCUT2D eigenvalue weighted by Crippen LogP contribution is 1.96. The molecule has 0 bridgehead atoms. The second-order valence-electron chi connectivity index (χ2n) is 4.02. The molecule has 18 heavy (non-hydrogen) atoms. The van der Waals surface area contributed by atoms with Crippen LogP contribution < -0.4 is 0 Å². The van der Waals surface area contributed by atoms with Crippen LogP contribution in [0.2, 0.25) is 0 Å². The van der Waals surface area contributed by atoms with Crippen molar-refractivity contribution in [2.75, 3.05) is 13.2 Å². The lowest BCUT2D eigenvalue weighted by molar-refractivity contribution is 0.283. The molecule has 0 fully saturated rings. The minimum absolute atomic E-state index is 0.344. The van der Waals surface area contributed by atoms with E-state index in [9.17, 15) is 0 Å². The van der Waals surface area contributed by atoms with Gasteiger partial charge in [0.1, 0.15) is 0 Å². The fourth-order valence-corrected chi connectivity index (χ4v) is 1.08. The van der Waals surface area contributed by atoms with Crippen LogP contribution in [0.3, 0.4) is 0 Å². The van der Waals surface area contributed by atoms with E-state index in [1.54, 1.807) is 0 Å². The third-order valence-corrected chi connectivity index (χ3v) is 2.19. The van der Waals surface area contributed by atoms with Gasteiger partial charge in [-0.1, -0.05) is 75.9 Å². The van der Waals surface area contributed by atoms with E-state index in [0.29, 0.717) is 13.2 Å². The molecule has 0 unspecified atom stereocenters. The molecule has 0 aromatic heterocycles. The van der Waals surface area contributed by atoms with Crippen molar-refractivity contribution in [1.82, 2.24) is 0 Å². The van der Waals surface area contributed by atoms with Gasteiger partial charge in [0.15, 0.2) is 0 Å². The normalized spacial score (nSPS) is 8.67. The van der Waals surface area contributed by atoms with Crippen LogP contribution in [0.4, 0.5) is 0 Å². The molecule has 0 atom stereocenters. The Hall–Kier alpha value is -0.860. The van der Waals surface area contributed by atoms with Gasteiger partial charge in [0.25, 0.3) is 0 Å². The van der Waals surface area contributed by atoms with Crippen molar-refractivity contribution in [3.63, 3.8) is 0 Å². The molecule has 0 saturated heterocycles. The van der Waals surface area contributed by atoms with Gasteiger partial charge in [-0.05, 0) is 12.8 Å². The highest BCUT2D eigenvalue weighted by atomic mass is 16.3. The van der Waals surface area contributed by atoms with E-state index in [2.05, 4.69) is 13.8 Å². The van der Waals surface area contributed by atoms with Gasteiger partial charge in [-0.15, -0.1) is 0 Å². The first kappa shape index (κ1) is 19.5. The standard InChI is InChI=1S/C6H14O.C6H6.C4H10O/c1-2-3-4-5-6-7;1-2-4-6-5-3-1;1-2-3-4-5/h7H,2-6H2,1H3;1-6H;5H,2-4H2,1H3. The Labute approximate surface area is 113 Å². The number of benzene rings is 1. The summed E-state index contributed by atoms with van der Waals surface area (Å²) in [5, 5.41) is 16.4. The number of hydrogen-bond donors (Lipinski definition) is 2. The van der Waals surface area contributed by atoms with E-state index in [4.69, 9.17) is 10.2 Å². The molecule has 1 aromatic rings. The fraction of sp³-hybridized carbons (Fsp3) is 0.625. The number of hydrogen-bond acceptors (Lipinski definition) is 2. The Balaban J connectivity index is 0. The van der Waals surface area contributed by atoms with Crippen LogP contribution in [0.25, 0.3) is 0 Å². The first-order valence-electron chi connectivity index (χ1n) is 7.05. The summed E-state index contributed by atoms with van der Waals surface area (Å²) < 4.78 is 0. The van der Waals surface area contributed by atoms with Crippen LogP contribution in [-0.2, 0) is 0 Å². The van der Waals surface area contributed by atoms with E-state index in [-0.39, 0.29) is 0 Å². The molecule has 0 amide bonds. The lowest BCUT2D eigenvalue weighted by Gasteiger charge is -1.90. The average Bonchev–Trinajstić information content (AvgIpc) is 2.44. The van der Waals surface area contributed by atoms with E-state index in [1.165, 1.54) is 19.3 Å². The Morgan fingerprint density at radius 1 is 0.556 bits per heavy atom. The number of rotatable bonds is 6. The molecule has 0 spiro atoms. The van der Waals surface area contributed by atoms with Crippen molar-refractivity contribution < 1.29 is 10.2 Å². The van der Waals surface area contributed by atoms with Crippen molar-refractivity contribution in [1.29, 1.82) is 0 Å². The van der Waals surface area contributed by atoms with Gasteiger partial charge in [-0.3, -0.25) is 0 Å². The van der Waals surface area contributed by atoms with E-state index >= 15 is 0 Å². The van der Waals surface area contributed by atoms with Gasteiger partial charge in [0.2, 0.25) is 0 Å². The Bertz CT molecular complexity index is 167. The topological polar surface area (TPSA) is 40.5 Å². The van der Waals surface area contributed by atoms with Crippen molar-refractivity contribution >= 4 is 0 Å². The molecular weight excluding hydrogens is 224 g/mol. The summed E-state index contributed by atoms with van der Waals surface area (Å²) >= 11 is 0. The molecule has 2 nitrogen and oxygen atoms in total. The van der Waals surface area contributed by atoms with E-state index in [1.807, 2.05) is 36.4 Å². The maximum absolute atomic E-state index is 8.29. The number of aliphatic hydroxyl groups excluding tert-OH is 2. The number of aliphatic hydroxyl groups is 2. The van der Waals surface area contributed by atoms with Gasteiger partial charge in [-0.25, -0.2) is 0 Å². The third kappa shape index (κ3) is 24.4. The van der Waals surface area contributed by atoms with Crippen molar-refractivity contribution in [2.45, 2.75) is 52.4 Å². The summed E-state index contributed by atoms with van der Waals surface area (Å²) in [4.78, 5) is 0. The largest absolute Gasteiger partial charge is 0.396 e. The fourth-order valence-electron chi connectivity index (χ4n) is 1.08. The van der Waals surface area contributed by atoms with Crippen molar-refractivity contribution in [3.05, 3.63) is 36.4 Å². The summed E-state index contributed by atoms with van der Waals surface area (Å²) in [5.74, 6) is 0. The third-order valence-electron chi connectivity index (χ3n) is 2.19. The predicted molar refractivity (Wildman–Crippen MR) is 79.7 cm³/mol. The molecule has 0 aliphatic heterocycles. The van der Waals surface area contributed by atoms with Crippen LogP contribution in [0.15, 0.2) is 36.4 Å². The van der Waals surface area contributed by atoms with Gasteiger partial charge < -0.3 is 10.2 Å². The highest BCUT2D eigenvalue weighted by molar-refractivity contribution is 4.99. The minimum atomic E-state index is 0.344. The van der Waals surface area contributed by atoms with Gasteiger partial charge in [-0.2, -0.15) is 0 Å². The molecule has 0 heterocycles. The van der Waals surface area contributed by atoms with Crippen molar-refractivity contribution in [3.8, 4) is 0 Å². The second kappa shape index (κ2) is 21.4. The molecule has 0 aliphatic rings. The predicted octanol–water partition coefficient (Wildman–Crippen LogP) is 4.02. The molecule has 2 heteroatoms. The molecule has 1 aromatic carbocycles. The van der Waals surface area contributed by atoms with Crippen molar-refractivity contribution in [2.24, 2.45) is 0 Å². The highest BCUT2D eigenvalue weighted by Gasteiger charge is 1.80. The SMILES string of the molecule is CCCCCCO.CCCCO.c1ccccc1. The zero-order chi connectivity index (χ0) is 13.9. The zero-order valence-electron chi connectivity index (χ0n) is 12.0. The molecule has 2 N–H and O–H groups in total. The first-order chi connectivity index (χ1) is 8.83. The lowest BCUT2D eigenvalue weighted by atomic mass is 10.2. The average molecular weight is 254 g/mol. The van der Waals surface area contributed by atoms with Gasteiger partial charge >= 0.3 is 0 Å². The molecular formula is C16H30O2. The molecule has 0 radical (unpaired) electrons. The van der Waals surface area contributed by atoms with E-state index in [0.717, 1.165) is 19.3 Å². The smallest absolute Gasteiger partial charge is 0.0431 e. The van der Waals surface area contributed by atoms with Gasteiger partial charge in [0, 0.05) is 13.2 Å². The van der Waals surface area contributed by atoms with Crippen LogP contribution in [0.1, 0.15) is 52.4 Å². The maximum Gasteiger partial charge on any atom is 0.0431 e. The summed E-state index contributed by atoms with van der Waals surface area (Å²) in [6, 6.07) is 12.0. The Kier molecular flexibility index (Phi) is 23.2. The summed E-state index contributed by atoms with van der Waals surface area (Å²) in [6.45, 7) is 4.92. The quantitative estimate of drug-likeness (QED) is 0.753. The lowest BCUT2D eigenvalue weighted by Crippen LogP contribution is -1.80. The summed E-state index contributed by atoms with van der Waals surface area (Å²) in [6.07, 6.45) is 6.72. The molecule has 106 valence electrons. The number of unbranched alkanes of at least 4 members (excludes halogenated alkanes) is 4. The van der Waals surface area contributed by atoms with Crippen LogP contribution in [0.5, 0.6) is 0 Å². The Morgan fingerprint density at radius 2 is 0.944 bits per heavy atom. The first-order valence-corrected chi connectivity index (χ1v) is 7.05. The summed E-state index contributed by atoms with van der Waals surface area (Å²) in [7, 11) is 0. The molecule has 1 rings (SSSR count). The minimum Gasteiger partial charge on any atom is -0.396 e. The zero-order valence-corrected chi connectivity index (χ0v) is 12.0. The van der Waals surface area contributed by atoms with Crippen LogP contribution >= 0.6 is 0 Å². The Morgan fingerprint density at radius 3 is 1.17 bits per heavy atom. The molecule has 0 saturated carbocycles. The van der Waals surface area contributed by atoms with Gasteiger partial charge in [0.05, 0.1) is 0 Å². The van der Waals surface area contributed by atoms with Crippen LogP contribution in [0, 0.1) is 0 Å². The second-order valence-corrected chi connectivity index (χ2v) is 4.02. The molecule has 0 aliphatic carbocycles. The monoisotopic (exact) mass is 254 g/mol. The van der Waals surface area contributed by atoms with E-state index < -0.39 is 0 Å². The maximum atomic E-state index is 8.29. The van der Waals surface area contributed by atoms with Crippen LogP contribution in [-0.4, -0.2) is 23.4 Å².